The molecule has 4 heteroatoms. The third kappa shape index (κ3) is 4.74. The van der Waals surface area contributed by atoms with E-state index in [0.717, 1.165) is 31.4 Å². The molecule has 0 unspecified atom stereocenters. The van der Waals surface area contributed by atoms with E-state index in [2.05, 4.69) is 19.2 Å². The Morgan fingerprint density at radius 1 is 1.29 bits per heavy atom. The van der Waals surface area contributed by atoms with E-state index < -0.39 is 0 Å². The van der Waals surface area contributed by atoms with Crippen LogP contribution >= 0.6 is 0 Å². The summed E-state index contributed by atoms with van der Waals surface area (Å²) in [5.41, 5.74) is 1.84. The number of esters is 1. The number of aliphatic hydroxyl groups is 1. The number of anilines is 1. The molecule has 21 heavy (non-hydrogen) atoms. The Kier molecular flexibility index (Phi) is 5.23. The lowest BCUT2D eigenvalue weighted by atomic mass is 9.76. The smallest absolute Gasteiger partial charge is 0.338 e. The average molecular weight is 291 g/mol. The minimum atomic E-state index is -0.242. The van der Waals surface area contributed by atoms with E-state index in [1.807, 2.05) is 12.1 Å². The van der Waals surface area contributed by atoms with Crippen molar-refractivity contribution in [1.82, 2.24) is 0 Å². The number of hydrogen-bond donors (Lipinski definition) is 2. The standard InChI is InChI=1S/C17H25NO3/c1-17(2)9-7-15(8-10-17)21-16(20)13-3-5-14(6-4-13)18-11-12-19/h3-6,15,18-19H,7-12H2,1-2H3. The van der Waals surface area contributed by atoms with Crippen molar-refractivity contribution in [2.75, 3.05) is 18.5 Å². The molecule has 0 atom stereocenters. The Morgan fingerprint density at radius 3 is 2.48 bits per heavy atom. The molecule has 0 aromatic heterocycles. The monoisotopic (exact) mass is 291 g/mol. The molecule has 0 amide bonds. The number of rotatable bonds is 5. The van der Waals surface area contributed by atoms with E-state index in [4.69, 9.17) is 9.84 Å². The quantitative estimate of drug-likeness (QED) is 0.818. The fourth-order valence-electron chi connectivity index (χ4n) is 2.63. The molecule has 116 valence electrons. The normalized spacial score (nSPS) is 18.2. The Hall–Kier alpha value is -1.55. The molecule has 0 heterocycles. The van der Waals surface area contributed by atoms with Crippen molar-refractivity contribution in [3.63, 3.8) is 0 Å². The highest BCUT2D eigenvalue weighted by atomic mass is 16.5. The van der Waals surface area contributed by atoms with Gasteiger partial charge in [0.05, 0.1) is 12.2 Å². The Balaban J connectivity index is 1.86. The highest BCUT2D eigenvalue weighted by Gasteiger charge is 2.28. The topological polar surface area (TPSA) is 58.6 Å². The summed E-state index contributed by atoms with van der Waals surface area (Å²) in [7, 11) is 0. The number of hydrogen-bond acceptors (Lipinski definition) is 4. The SMILES string of the molecule is CC1(C)CCC(OC(=O)c2ccc(NCCO)cc2)CC1. The lowest BCUT2D eigenvalue weighted by Gasteiger charge is -2.33. The maximum Gasteiger partial charge on any atom is 0.338 e. The first-order chi connectivity index (χ1) is 10.00. The first-order valence-electron chi connectivity index (χ1n) is 7.66. The van der Waals surface area contributed by atoms with Gasteiger partial charge in [-0.2, -0.15) is 0 Å². The van der Waals surface area contributed by atoms with Crippen LogP contribution in [0.2, 0.25) is 0 Å². The van der Waals surface area contributed by atoms with Crippen LogP contribution in [-0.4, -0.2) is 30.3 Å². The number of aliphatic hydroxyl groups excluding tert-OH is 1. The maximum atomic E-state index is 12.1. The largest absolute Gasteiger partial charge is 0.459 e. The molecule has 2 rings (SSSR count). The van der Waals surface area contributed by atoms with Crippen molar-refractivity contribution in [2.45, 2.75) is 45.6 Å². The van der Waals surface area contributed by atoms with E-state index in [0.29, 0.717) is 17.5 Å². The Morgan fingerprint density at radius 2 is 1.90 bits per heavy atom. The molecule has 0 bridgehead atoms. The number of ether oxygens (including phenoxy) is 1. The molecule has 1 aliphatic carbocycles. The molecule has 1 saturated carbocycles. The molecule has 0 spiro atoms. The first-order valence-corrected chi connectivity index (χ1v) is 7.66. The van der Waals surface area contributed by atoms with Gasteiger partial charge < -0.3 is 15.2 Å². The molecule has 4 nitrogen and oxygen atoms in total. The molecule has 0 saturated heterocycles. The van der Waals surface area contributed by atoms with Crippen LogP contribution in [0.25, 0.3) is 0 Å². The van der Waals surface area contributed by atoms with Crippen LogP contribution in [-0.2, 0) is 4.74 Å². The second kappa shape index (κ2) is 6.94. The minimum Gasteiger partial charge on any atom is -0.459 e. The predicted octanol–water partition coefficient (Wildman–Crippen LogP) is 3.22. The molecule has 1 aliphatic rings. The summed E-state index contributed by atoms with van der Waals surface area (Å²) in [4.78, 5) is 12.1. The summed E-state index contributed by atoms with van der Waals surface area (Å²) in [6, 6.07) is 7.18. The van der Waals surface area contributed by atoms with Crippen LogP contribution in [0.3, 0.4) is 0 Å². The molecule has 0 aliphatic heterocycles. The summed E-state index contributed by atoms with van der Waals surface area (Å²) in [6.07, 6.45) is 4.17. The van der Waals surface area contributed by atoms with Gasteiger partial charge in [-0.15, -0.1) is 0 Å². The lowest BCUT2D eigenvalue weighted by Crippen LogP contribution is -2.28. The van der Waals surface area contributed by atoms with Gasteiger partial charge in [0.2, 0.25) is 0 Å². The number of carbonyl (C=O) groups is 1. The van der Waals surface area contributed by atoms with E-state index in [9.17, 15) is 4.79 Å². The molecule has 1 aromatic carbocycles. The van der Waals surface area contributed by atoms with Gasteiger partial charge in [0.15, 0.2) is 0 Å². The number of nitrogens with one attached hydrogen (secondary N) is 1. The van der Waals surface area contributed by atoms with Crippen molar-refractivity contribution < 1.29 is 14.6 Å². The van der Waals surface area contributed by atoms with Crippen LogP contribution in [0.5, 0.6) is 0 Å². The van der Waals surface area contributed by atoms with Crippen LogP contribution in [0, 0.1) is 5.41 Å². The fourth-order valence-corrected chi connectivity index (χ4v) is 2.63. The molecule has 0 radical (unpaired) electrons. The van der Waals surface area contributed by atoms with Crippen LogP contribution in [0.15, 0.2) is 24.3 Å². The van der Waals surface area contributed by atoms with Gasteiger partial charge >= 0.3 is 5.97 Å². The molecule has 2 N–H and O–H groups in total. The van der Waals surface area contributed by atoms with Crippen molar-refractivity contribution in [2.24, 2.45) is 5.41 Å². The molecule has 1 aromatic rings. The van der Waals surface area contributed by atoms with E-state index in [-0.39, 0.29) is 18.7 Å². The van der Waals surface area contributed by atoms with Gasteiger partial charge in [-0.05, 0) is 55.4 Å². The van der Waals surface area contributed by atoms with Crippen LogP contribution < -0.4 is 5.32 Å². The van der Waals surface area contributed by atoms with Crippen LogP contribution in [0.1, 0.15) is 49.9 Å². The minimum absolute atomic E-state index is 0.0534. The van der Waals surface area contributed by atoms with Gasteiger partial charge in [-0.1, -0.05) is 13.8 Å². The zero-order chi connectivity index (χ0) is 15.3. The number of carbonyl (C=O) groups excluding carboxylic acids is 1. The van der Waals surface area contributed by atoms with Gasteiger partial charge in [-0.25, -0.2) is 4.79 Å². The summed E-state index contributed by atoms with van der Waals surface area (Å²) < 4.78 is 5.59. The van der Waals surface area contributed by atoms with Crippen molar-refractivity contribution >= 4 is 11.7 Å². The zero-order valence-corrected chi connectivity index (χ0v) is 12.9. The summed E-state index contributed by atoms with van der Waals surface area (Å²) >= 11 is 0. The Bertz CT molecular complexity index is 457. The van der Waals surface area contributed by atoms with E-state index in [1.165, 1.54) is 0 Å². The number of benzene rings is 1. The highest BCUT2D eigenvalue weighted by Crippen LogP contribution is 2.36. The summed E-state index contributed by atoms with van der Waals surface area (Å²) in [6.45, 7) is 5.12. The predicted molar refractivity (Wildman–Crippen MR) is 83.5 cm³/mol. The highest BCUT2D eigenvalue weighted by molar-refractivity contribution is 5.89. The third-order valence-electron chi connectivity index (χ3n) is 4.12. The van der Waals surface area contributed by atoms with Crippen molar-refractivity contribution in [3.8, 4) is 0 Å². The maximum absolute atomic E-state index is 12.1. The fraction of sp³-hybridized carbons (Fsp3) is 0.588. The first kappa shape index (κ1) is 15.8. The Labute approximate surface area is 126 Å². The van der Waals surface area contributed by atoms with Crippen molar-refractivity contribution in [1.29, 1.82) is 0 Å². The molecular weight excluding hydrogens is 266 g/mol. The van der Waals surface area contributed by atoms with Gasteiger partial charge in [-0.3, -0.25) is 0 Å². The average Bonchev–Trinajstić information content (AvgIpc) is 2.48. The third-order valence-corrected chi connectivity index (χ3v) is 4.12. The zero-order valence-electron chi connectivity index (χ0n) is 12.9. The van der Waals surface area contributed by atoms with Crippen LogP contribution in [0.4, 0.5) is 5.69 Å². The van der Waals surface area contributed by atoms with Gasteiger partial charge in [0, 0.05) is 12.2 Å². The second-order valence-corrected chi connectivity index (χ2v) is 6.50. The summed E-state index contributed by atoms with van der Waals surface area (Å²) in [5, 5.41) is 11.8. The van der Waals surface area contributed by atoms with Gasteiger partial charge in [0.25, 0.3) is 0 Å². The second-order valence-electron chi connectivity index (χ2n) is 6.50. The van der Waals surface area contributed by atoms with Crippen molar-refractivity contribution in [3.05, 3.63) is 29.8 Å². The molecule has 1 fully saturated rings. The van der Waals surface area contributed by atoms with E-state index in [1.54, 1.807) is 12.1 Å². The van der Waals surface area contributed by atoms with Gasteiger partial charge in [0.1, 0.15) is 6.10 Å². The summed E-state index contributed by atoms with van der Waals surface area (Å²) in [5.74, 6) is -0.242. The molecular formula is C17H25NO3. The van der Waals surface area contributed by atoms with E-state index >= 15 is 0 Å². The lowest BCUT2D eigenvalue weighted by molar-refractivity contribution is 0.00951.